The standard InChI is InChI=1S/C9H14ClN4O2S/c10-8-12-3-7(17-8)4-13-9(11)14-6(5-16)1-2-15/h2-3,6,8,12H,1,4-5H2,(H3,11,13,14)/q-1. The molecule has 1 aliphatic rings. The van der Waals surface area contributed by atoms with E-state index < -0.39 is 12.6 Å². The number of carbonyl (C=O) groups excluding carboxylic acids is 1. The number of hydrogen-bond acceptors (Lipinski definition) is 5. The molecule has 0 aliphatic carbocycles. The van der Waals surface area contributed by atoms with Crippen LogP contribution < -0.4 is 21.5 Å². The highest BCUT2D eigenvalue weighted by molar-refractivity contribution is 8.05. The Hall–Kier alpha value is -0.920. The molecule has 0 saturated heterocycles. The van der Waals surface area contributed by atoms with E-state index >= 15 is 0 Å². The van der Waals surface area contributed by atoms with Crippen molar-refractivity contribution >= 4 is 35.6 Å². The molecule has 6 nitrogen and oxygen atoms in total. The minimum Gasteiger partial charge on any atom is -0.853 e. The first-order valence-electron chi connectivity index (χ1n) is 4.99. The van der Waals surface area contributed by atoms with Gasteiger partial charge in [0.15, 0.2) is 10.8 Å². The summed E-state index contributed by atoms with van der Waals surface area (Å²) >= 11 is 7.24. The summed E-state index contributed by atoms with van der Waals surface area (Å²) < 4.78 is 0. The lowest BCUT2D eigenvalue weighted by Crippen LogP contribution is -2.45. The fraction of sp³-hybridized carbons (Fsp3) is 0.556. The van der Waals surface area contributed by atoms with Gasteiger partial charge >= 0.3 is 0 Å². The predicted octanol–water partition coefficient (Wildman–Crippen LogP) is -1.09. The summed E-state index contributed by atoms with van der Waals surface area (Å²) in [5.41, 5.74) is 5.59. The van der Waals surface area contributed by atoms with Gasteiger partial charge in [-0.2, -0.15) is 0 Å². The third-order valence-corrected chi connectivity index (χ3v) is 3.26. The van der Waals surface area contributed by atoms with E-state index in [-0.39, 0.29) is 17.2 Å². The summed E-state index contributed by atoms with van der Waals surface area (Å²) in [6.07, 6.45) is 2.58. The molecular formula is C9H14ClN4O2S-. The summed E-state index contributed by atoms with van der Waals surface area (Å²) in [6, 6.07) is -0.500. The predicted molar refractivity (Wildman–Crippen MR) is 67.4 cm³/mol. The zero-order chi connectivity index (χ0) is 12.7. The molecule has 0 radical (unpaired) electrons. The summed E-state index contributed by atoms with van der Waals surface area (Å²) in [5.74, 6) is 0.159. The first-order chi connectivity index (χ1) is 8.15. The molecule has 1 heterocycles. The number of rotatable bonds is 6. The van der Waals surface area contributed by atoms with Gasteiger partial charge in [0.2, 0.25) is 0 Å². The van der Waals surface area contributed by atoms with Crippen molar-refractivity contribution in [2.75, 3.05) is 13.2 Å². The van der Waals surface area contributed by atoms with Crippen molar-refractivity contribution in [3.05, 3.63) is 11.1 Å². The fourth-order valence-corrected chi connectivity index (χ4v) is 2.23. The molecule has 96 valence electrons. The lowest BCUT2D eigenvalue weighted by Gasteiger charge is -2.19. The third-order valence-electron chi connectivity index (χ3n) is 1.97. The molecule has 0 aromatic carbocycles. The van der Waals surface area contributed by atoms with Crippen molar-refractivity contribution in [2.45, 2.75) is 17.3 Å². The maximum absolute atomic E-state index is 10.7. The second-order valence-corrected chi connectivity index (χ2v) is 5.25. The normalized spacial score (nSPS) is 21.6. The molecule has 0 amide bonds. The minimum atomic E-state index is -0.500. The Labute approximate surface area is 109 Å². The average molecular weight is 278 g/mol. The van der Waals surface area contributed by atoms with Gasteiger partial charge in [0.05, 0.1) is 6.54 Å². The van der Waals surface area contributed by atoms with Crippen LogP contribution in [0.2, 0.25) is 0 Å². The highest BCUT2D eigenvalue weighted by Crippen LogP contribution is 2.27. The van der Waals surface area contributed by atoms with Gasteiger partial charge in [-0.1, -0.05) is 23.4 Å². The van der Waals surface area contributed by atoms with Crippen molar-refractivity contribution in [3.8, 4) is 0 Å². The van der Waals surface area contributed by atoms with Crippen LogP contribution >= 0.6 is 23.4 Å². The van der Waals surface area contributed by atoms with E-state index in [1.54, 1.807) is 6.20 Å². The van der Waals surface area contributed by atoms with Crippen molar-refractivity contribution in [1.29, 1.82) is 0 Å². The molecule has 0 bridgehead atoms. The number of nitrogens with two attached hydrogens (primary N) is 1. The zero-order valence-corrected chi connectivity index (χ0v) is 10.6. The van der Waals surface area contributed by atoms with Gasteiger partial charge in [0, 0.05) is 23.6 Å². The van der Waals surface area contributed by atoms with Crippen molar-refractivity contribution in [3.63, 3.8) is 0 Å². The van der Waals surface area contributed by atoms with Crippen LogP contribution in [0.1, 0.15) is 6.42 Å². The molecule has 0 fully saturated rings. The third kappa shape index (κ3) is 5.29. The molecule has 4 N–H and O–H groups in total. The van der Waals surface area contributed by atoms with Gasteiger partial charge < -0.3 is 26.3 Å². The van der Waals surface area contributed by atoms with E-state index in [1.165, 1.54) is 11.8 Å². The number of thioether (sulfide) groups is 1. The molecule has 0 saturated carbocycles. The van der Waals surface area contributed by atoms with E-state index in [0.29, 0.717) is 12.8 Å². The van der Waals surface area contributed by atoms with Crippen molar-refractivity contribution < 1.29 is 9.90 Å². The Balaban J connectivity index is 2.35. The molecule has 2 atom stereocenters. The van der Waals surface area contributed by atoms with E-state index in [2.05, 4.69) is 15.6 Å². The zero-order valence-electron chi connectivity index (χ0n) is 9.06. The Morgan fingerprint density at radius 2 is 2.65 bits per heavy atom. The van der Waals surface area contributed by atoms with E-state index in [9.17, 15) is 9.90 Å². The minimum absolute atomic E-state index is 0.127. The summed E-state index contributed by atoms with van der Waals surface area (Å²) in [6.45, 7) is -0.0237. The SMILES string of the molecule is NC(=NCC1=CNC(Cl)S1)NC(C[O-])CC=O. The molecule has 8 heteroatoms. The topological polar surface area (TPSA) is 103 Å². The molecule has 17 heavy (non-hydrogen) atoms. The van der Waals surface area contributed by atoms with Crippen molar-refractivity contribution in [1.82, 2.24) is 10.6 Å². The lowest BCUT2D eigenvalue weighted by molar-refractivity contribution is -0.372. The van der Waals surface area contributed by atoms with E-state index in [1.807, 2.05) is 0 Å². The maximum Gasteiger partial charge on any atom is 0.189 e. The van der Waals surface area contributed by atoms with Gasteiger partial charge in [-0.15, -0.1) is 6.61 Å². The van der Waals surface area contributed by atoms with Gasteiger partial charge in [-0.05, 0) is 0 Å². The van der Waals surface area contributed by atoms with Crippen LogP contribution in [0.5, 0.6) is 0 Å². The fourth-order valence-electron chi connectivity index (χ4n) is 1.14. The van der Waals surface area contributed by atoms with Crippen molar-refractivity contribution in [2.24, 2.45) is 10.7 Å². The highest BCUT2D eigenvalue weighted by Gasteiger charge is 2.13. The van der Waals surface area contributed by atoms with E-state index in [0.717, 1.165) is 4.91 Å². The molecule has 0 spiro atoms. The Kier molecular flexibility index (Phi) is 6.17. The van der Waals surface area contributed by atoms with Gasteiger partial charge in [0.25, 0.3) is 0 Å². The average Bonchev–Trinajstić information content (AvgIpc) is 2.72. The number of aldehydes is 1. The summed E-state index contributed by atoms with van der Waals surface area (Å²) in [7, 11) is 0. The monoisotopic (exact) mass is 277 g/mol. The quantitative estimate of drug-likeness (QED) is 0.187. The lowest BCUT2D eigenvalue weighted by atomic mass is 10.2. The van der Waals surface area contributed by atoms with E-state index in [4.69, 9.17) is 17.3 Å². The van der Waals surface area contributed by atoms with Crippen LogP contribution in [0.15, 0.2) is 16.1 Å². The number of nitrogens with zero attached hydrogens (tertiary/aromatic N) is 1. The number of aliphatic imine (C=N–C) groups is 1. The van der Waals surface area contributed by atoms with Crippen LogP contribution in [0.4, 0.5) is 0 Å². The van der Waals surface area contributed by atoms with Crippen LogP contribution in [0.3, 0.4) is 0 Å². The first-order valence-corrected chi connectivity index (χ1v) is 6.31. The number of halogens is 1. The van der Waals surface area contributed by atoms with Crippen LogP contribution in [0, 0.1) is 0 Å². The van der Waals surface area contributed by atoms with Crippen LogP contribution in [-0.4, -0.2) is 36.3 Å². The van der Waals surface area contributed by atoms with Gasteiger partial charge in [-0.3, -0.25) is 0 Å². The number of hydrogen-bond donors (Lipinski definition) is 3. The number of carbonyl (C=O) groups is 1. The summed E-state index contributed by atoms with van der Waals surface area (Å²) in [4.78, 5) is 15.1. The number of alkyl halides is 1. The highest BCUT2D eigenvalue weighted by atomic mass is 35.5. The Morgan fingerprint density at radius 3 is 3.18 bits per heavy atom. The second kappa shape index (κ2) is 7.41. The second-order valence-electron chi connectivity index (χ2n) is 3.32. The first kappa shape index (κ1) is 14.1. The molecule has 0 aromatic heterocycles. The smallest absolute Gasteiger partial charge is 0.189 e. The summed E-state index contributed by atoms with van der Waals surface area (Å²) in [5, 5.41) is 16.3. The van der Waals surface area contributed by atoms with Crippen LogP contribution in [0.25, 0.3) is 0 Å². The molecule has 1 rings (SSSR count). The van der Waals surface area contributed by atoms with Gasteiger partial charge in [-0.25, -0.2) is 4.99 Å². The number of nitrogens with one attached hydrogen (secondary N) is 2. The van der Waals surface area contributed by atoms with Gasteiger partial charge in [0.1, 0.15) is 6.29 Å². The largest absolute Gasteiger partial charge is 0.853 e. The molecule has 1 aliphatic heterocycles. The Bertz CT molecular complexity index is 324. The van der Waals surface area contributed by atoms with Crippen LogP contribution in [-0.2, 0) is 4.79 Å². The molecular weight excluding hydrogens is 264 g/mol. The molecule has 0 aromatic rings. The maximum atomic E-state index is 10.7. The molecule has 2 unspecified atom stereocenters. The number of guanidine groups is 1. The Morgan fingerprint density at radius 1 is 1.88 bits per heavy atom.